The zero-order chi connectivity index (χ0) is 14.5. The fraction of sp³-hybridized carbons (Fsp3) is 0.267. The number of nitrogens with one attached hydrogen (secondary N) is 1. The Hall–Kier alpha value is -1.43. The number of rotatable bonds is 5. The number of ether oxygens (including phenoxy) is 1. The molecule has 0 fully saturated rings. The van der Waals surface area contributed by atoms with E-state index < -0.39 is 0 Å². The van der Waals surface area contributed by atoms with Gasteiger partial charge in [-0.2, -0.15) is 0 Å². The maximum Gasteiger partial charge on any atom is 0.122 e. The maximum absolute atomic E-state index is 5.68. The van der Waals surface area contributed by atoms with E-state index in [1.165, 1.54) is 0 Å². The van der Waals surface area contributed by atoms with Crippen molar-refractivity contribution in [1.29, 1.82) is 0 Å². The lowest BCUT2D eigenvalue weighted by atomic mass is 10.0. The summed E-state index contributed by atoms with van der Waals surface area (Å²) in [6.07, 6.45) is 2.51. The standard InChI is InChI=1S/C15H18BrN3O/c1-10-3-4-11(7-15(10)20-2)14(19-17)8-13-6-5-12(16)9-18-13/h3-7,9,14,19H,8,17H2,1-2H3. The molecule has 2 aromatic rings. The van der Waals surface area contributed by atoms with Gasteiger partial charge in [0.25, 0.3) is 0 Å². The van der Waals surface area contributed by atoms with Crippen molar-refractivity contribution < 1.29 is 4.74 Å². The van der Waals surface area contributed by atoms with Gasteiger partial charge in [0, 0.05) is 22.8 Å². The number of aryl methyl sites for hydroxylation is 1. The number of hydrazine groups is 1. The topological polar surface area (TPSA) is 60.2 Å². The molecule has 2 rings (SSSR count). The minimum atomic E-state index is -0.00169. The molecular formula is C15H18BrN3O. The van der Waals surface area contributed by atoms with Crippen LogP contribution in [0.25, 0.3) is 0 Å². The van der Waals surface area contributed by atoms with Crippen LogP contribution < -0.4 is 16.0 Å². The van der Waals surface area contributed by atoms with Crippen LogP contribution >= 0.6 is 15.9 Å². The third kappa shape index (κ3) is 3.56. The Balaban J connectivity index is 2.21. The van der Waals surface area contributed by atoms with Gasteiger partial charge in [-0.25, -0.2) is 0 Å². The number of methoxy groups -OCH3 is 1. The molecule has 0 saturated carbocycles. The van der Waals surface area contributed by atoms with Crippen molar-refractivity contribution in [3.05, 3.63) is 57.8 Å². The number of halogens is 1. The lowest BCUT2D eigenvalue weighted by Crippen LogP contribution is -2.29. The first kappa shape index (κ1) is 15.0. The molecule has 5 heteroatoms. The number of aromatic nitrogens is 1. The predicted octanol–water partition coefficient (Wildman–Crippen LogP) is 2.91. The lowest BCUT2D eigenvalue weighted by molar-refractivity contribution is 0.409. The molecule has 4 nitrogen and oxygen atoms in total. The molecule has 3 N–H and O–H groups in total. The predicted molar refractivity (Wildman–Crippen MR) is 83.4 cm³/mol. The Kier molecular flexibility index (Phi) is 5.11. The molecule has 106 valence electrons. The van der Waals surface area contributed by atoms with Crippen LogP contribution in [0.2, 0.25) is 0 Å². The number of pyridine rings is 1. The summed E-state index contributed by atoms with van der Waals surface area (Å²) in [6, 6.07) is 10.1. The van der Waals surface area contributed by atoms with E-state index >= 15 is 0 Å². The summed E-state index contributed by atoms with van der Waals surface area (Å²) >= 11 is 3.38. The van der Waals surface area contributed by atoms with Crippen LogP contribution in [-0.2, 0) is 6.42 Å². The second kappa shape index (κ2) is 6.83. The van der Waals surface area contributed by atoms with Gasteiger partial charge in [-0.1, -0.05) is 12.1 Å². The van der Waals surface area contributed by atoms with Crippen LogP contribution in [0.4, 0.5) is 0 Å². The molecule has 0 spiro atoms. The van der Waals surface area contributed by atoms with E-state index in [1.807, 2.05) is 31.2 Å². The van der Waals surface area contributed by atoms with E-state index in [9.17, 15) is 0 Å². The van der Waals surface area contributed by atoms with Crippen molar-refractivity contribution >= 4 is 15.9 Å². The van der Waals surface area contributed by atoms with Crippen LogP contribution in [0.5, 0.6) is 5.75 Å². The monoisotopic (exact) mass is 335 g/mol. The van der Waals surface area contributed by atoms with E-state index in [-0.39, 0.29) is 6.04 Å². The molecule has 1 unspecified atom stereocenters. The first-order chi connectivity index (χ1) is 9.63. The summed E-state index contributed by atoms with van der Waals surface area (Å²) in [6.45, 7) is 2.02. The fourth-order valence-corrected chi connectivity index (χ4v) is 2.30. The number of benzene rings is 1. The quantitative estimate of drug-likeness (QED) is 0.651. The summed E-state index contributed by atoms with van der Waals surface area (Å²) in [4.78, 5) is 4.38. The molecule has 0 bridgehead atoms. The lowest BCUT2D eigenvalue weighted by Gasteiger charge is -2.17. The van der Waals surface area contributed by atoms with E-state index in [0.29, 0.717) is 0 Å². The van der Waals surface area contributed by atoms with Gasteiger partial charge in [0.1, 0.15) is 5.75 Å². The minimum Gasteiger partial charge on any atom is -0.496 e. The summed E-state index contributed by atoms with van der Waals surface area (Å²) < 4.78 is 6.32. The largest absolute Gasteiger partial charge is 0.496 e. The highest BCUT2D eigenvalue weighted by atomic mass is 79.9. The summed E-state index contributed by atoms with van der Waals surface area (Å²) in [5.41, 5.74) is 6.02. The Labute approximate surface area is 127 Å². The number of hydrogen-bond acceptors (Lipinski definition) is 4. The van der Waals surface area contributed by atoms with Gasteiger partial charge < -0.3 is 4.74 Å². The van der Waals surface area contributed by atoms with Crippen molar-refractivity contribution in [2.45, 2.75) is 19.4 Å². The van der Waals surface area contributed by atoms with Crippen LogP contribution in [0.15, 0.2) is 41.0 Å². The molecule has 1 aromatic carbocycles. The van der Waals surface area contributed by atoms with Gasteiger partial charge in [0.05, 0.1) is 13.2 Å². The normalized spacial score (nSPS) is 12.2. The Bertz CT molecular complexity index is 572. The zero-order valence-corrected chi connectivity index (χ0v) is 13.1. The second-order valence-corrected chi connectivity index (χ2v) is 5.54. The second-order valence-electron chi connectivity index (χ2n) is 4.62. The number of nitrogens with zero attached hydrogens (tertiary/aromatic N) is 1. The van der Waals surface area contributed by atoms with Gasteiger partial charge in [0.15, 0.2) is 0 Å². The average molecular weight is 336 g/mol. The Morgan fingerprint density at radius 2 is 2.15 bits per heavy atom. The Morgan fingerprint density at radius 1 is 1.35 bits per heavy atom. The summed E-state index contributed by atoms with van der Waals surface area (Å²) in [5, 5.41) is 0. The van der Waals surface area contributed by atoms with E-state index in [2.05, 4.69) is 32.4 Å². The van der Waals surface area contributed by atoms with E-state index in [4.69, 9.17) is 10.6 Å². The molecular weight excluding hydrogens is 318 g/mol. The third-order valence-electron chi connectivity index (χ3n) is 3.24. The Morgan fingerprint density at radius 3 is 2.75 bits per heavy atom. The van der Waals surface area contributed by atoms with Gasteiger partial charge in [-0.05, 0) is 52.2 Å². The molecule has 0 saturated heterocycles. The highest BCUT2D eigenvalue weighted by molar-refractivity contribution is 9.10. The molecule has 0 aliphatic carbocycles. The van der Waals surface area contributed by atoms with Crippen molar-refractivity contribution in [3.63, 3.8) is 0 Å². The van der Waals surface area contributed by atoms with E-state index in [1.54, 1.807) is 13.3 Å². The summed E-state index contributed by atoms with van der Waals surface area (Å²) in [5.74, 6) is 6.55. The van der Waals surface area contributed by atoms with Crippen LogP contribution in [-0.4, -0.2) is 12.1 Å². The van der Waals surface area contributed by atoms with Crippen LogP contribution in [0.3, 0.4) is 0 Å². The first-order valence-electron chi connectivity index (χ1n) is 6.35. The van der Waals surface area contributed by atoms with Crippen molar-refractivity contribution in [2.24, 2.45) is 5.84 Å². The zero-order valence-electron chi connectivity index (χ0n) is 11.6. The molecule has 1 heterocycles. The van der Waals surface area contributed by atoms with Gasteiger partial charge in [0.2, 0.25) is 0 Å². The molecule has 20 heavy (non-hydrogen) atoms. The van der Waals surface area contributed by atoms with E-state index in [0.717, 1.165) is 33.5 Å². The molecule has 1 atom stereocenters. The van der Waals surface area contributed by atoms with Crippen molar-refractivity contribution in [2.75, 3.05) is 7.11 Å². The minimum absolute atomic E-state index is 0.00169. The molecule has 0 aliphatic heterocycles. The van der Waals surface area contributed by atoms with Crippen molar-refractivity contribution in [1.82, 2.24) is 10.4 Å². The smallest absolute Gasteiger partial charge is 0.122 e. The summed E-state index contributed by atoms with van der Waals surface area (Å²) in [7, 11) is 1.67. The molecule has 0 aliphatic rings. The highest BCUT2D eigenvalue weighted by Gasteiger charge is 2.13. The van der Waals surface area contributed by atoms with Crippen LogP contribution in [0.1, 0.15) is 22.9 Å². The van der Waals surface area contributed by atoms with Crippen LogP contribution in [0, 0.1) is 6.92 Å². The van der Waals surface area contributed by atoms with Gasteiger partial charge in [-0.15, -0.1) is 0 Å². The van der Waals surface area contributed by atoms with Gasteiger partial charge in [-0.3, -0.25) is 16.3 Å². The fourth-order valence-electron chi connectivity index (χ4n) is 2.06. The first-order valence-corrected chi connectivity index (χ1v) is 7.14. The van der Waals surface area contributed by atoms with Crippen molar-refractivity contribution in [3.8, 4) is 5.75 Å². The molecule has 0 radical (unpaired) electrons. The average Bonchev–Trinajstić information content (AvgIpc) is 2.47. The third-order valence-corrected chi connectivity index (χ3v) is 3.71. The number of hydrogen-bond donors (Lipinski definition) is 2. The maximum atomic E-state index is 5.68. The SMILES string of the molecule is COc1cc(C(Cc2ccc(Br)cn2)NN)ccc1C. The molecule has 1 aromatic heterocycles. The highest BCUT2D eigenvalue weighted by Crippen LogP contribution is 2.25. The van der Waals surface area contributed by atoms with Gasteiger partial charge >= 0.3 is 0 Å². The number of nitrogens with two attached hydrogens (primary N) is 1. The molecule has 0 amide bonds.